The summed E-state index contributed by atoms with van der Waals surface area (Å²) < 4.78 is 14.1. The van der Waals surface area contributed by atoms with Gasteiger partial charge in [-0.1, -0.05) is 6.07 Å². The zero-order valence-electron chi connectivity index (χ0n) is 15.0. The van der Waals surface area contributed by atoms with Crippen molar-refractivity contribution in [3.63, 3.8) is 0 Å². The molecule has 1 aromatic heterocycles. The summed E-state index contributed by atoms with van der Waals surface area (Å²) in [6, 6.07) is 8.57. The molecular formula is C20H24Cl2FN3O. The summed E-state index contributed by atoms with van der Waals surface area (Å²) >= 11 is 0. The van der Waals surface area contributed by atoms with Gasteiger partial charge in [-0.2, -0.15) is 0 Å². The molecule has 1 saturated heterocycles. The number of piperidine rings is 1. The Kier molecular flexibility index (Phi) is 7.59. The smallest absolute Gasteiger partial charge is 0.251 e. The molecule has 0 bridgehead atoms. The molecule has 1 amide bonds. The van der Waals surface area contributed by atoms with Crippen LogP contribution in [0.25, 0.3) is 11.3 Å². The molecule has 27 heavy (non-hydrogen) atoms. The van der Waals surface area contributed by atoms with Crippen LogP contribution in [-0.2, 0) is 12.8 Å². The van der Waals surface area contributed by atoms with Crippen LogP contribution in [0.4, 0.5) is 4.39 Å². The van der Waals surface area contributed by atoms with Crippen LogP contribution in [0, 0.1) is 5.82 Å². The van der Waals surface area contributed by atoms with E-state index in [2.05, 4.69) is 21.7 Å². The molecule has 1 atom stereocenters. The predicted octanol–water partition coefficient (Wildman–Crippen LogP) is 3.70. The first-order chi connectivity index (χ1) is 12.2. The average Bonchev–Trinajstić information content (AvgIpc) is 3.09. The highest BCUT2D eigenvalue weighted by molar-refractivity contribution is 5.95. The van der Waals surface area contributed by atoms with Gasteiger partial charge in [-0.3, -0.25) is 9.78 Å². The van der Waals surface area contributed by atoms with Crippen LogP contribution in [0.2, 0.25) is 0 Å². The Bertz CT molecular complexity index is 810. The summed E-state index contributed by atoms with van der Waals surface area (Å²) in [4.78, 5) is 17.2. The molecule has 7 heteroatoms. The van der Waals surface area contributed by atoms with Crippen molar-refractivity contribution in [1.29, 1.82) is 0 Å². The molecule has 2 heterocycles. The molecule has 0 spiro atoms. The van der Waals surface area contributed by atoms with E-state index < -0.39 is 5.82 Å². The SMILES string of the molecule is Cl.Cl.O=C(NC1CCCNC1)c1cc(F)cc(-c2ccc3c(n2)CCC3)c1. The lowest BCUT2D eigenvalue weighted by atomic mass is 10.0. The number of fused-ring (bicyclic) bond motifs is 1. The minimum Gasteiger partial charge on any atom is -0.348 e. The number of pyridine rings is 1. The van der Waals surface area contributed by atoms with Crippen molar-refractivity contribution in [3.8, 4) is 11.3 Å². The van der Waals surface area contributed by atoms with E-state index in [-0.39, 0.29) is 36.8 Å². The zero-order chi connectivity index (χ0) is 17.2. The van der Waals surface area contributed by atoms with Gasteiger partial charge in [-0.25, -0.2) is 4.39 Å². The monoisotopic (exact) mass is 411 g/mol. The number of aryl methyl sites for hydroxylation is 2. The second-order valence-corrected chi connectivity index (χ2v) is 6.90. The van der Waals surface area contributed by atoms with E-state index in [1.165, 1.54) is 17.7 Å². The Morgan fingerprint density at radius 3 is 2.78 bits per heavy atom. The third kappa shape index (κ3) is 4.98. The molecule has 1 fully saturated rings. The van der Waals surface area contributed by atoms with Crippen LogP contribution in [-0.4, -0.2) is 30.0 Å². The summed E-state index contributed by atoms with van der Waals surface area (Å²) in [7, 11) is 0. The van der Waals surface area contributed by atoms with Crippen LogP contribution in [0.15, 0.2) is 30.3 Å². The van der Waals surface area contributed by atoms with Gasteiger partial charge in [0.1, 0.15) is 5.82 Å². The molecule has 2 aromatic rings. The van der Waals surface area contributed by atoms with Crippen LogP contribution in [0.1, 0.15) is 40.9 Å². The third-order valence-corrected chi connectivity index (χ3v) is 5.02. The average molecular weight is 412 g/mol. The third-order valence-electron chi connectivity index (χ3n) is 5.02. The van der Waals surface area contributed by atoms with Gasteiger partial charge in [-0.15, -0.1) is 24.8 Å². The molecule has 0 saturated carbocycles. The summed E-state index contributed by atoms with van der Waals surface area (Å²) in [5.41, 5.74) is 4.11. The Balaban J connectivity index is 0.00000131. The van der Waals surface area contributed by atoms with Gasteiger partial charge >= 0.3 is 0 Å². The molecule has 146 valence electrons. The first-order valence-electron chi connectivity index (χ1n) is 9.00. The van der Waals surface area contributed by atoms with E-state index in [0.29, 0.717) is 11.1 Å². The fraction of sp³-hybridized carbons (Fsp3) is 0.400. The molecule has 4 nitrogen and oxygen atoms in total. The zero-order valence-corrected chi connectivity index (χ0v) is 16.6. The number of benzene rings is 1. The molecule has 2 aliphatic rings. The van der Waals surface area contributed by atoms with E-state index in [9.17, 15) is 9.18 Å². The highest BCUT2D eigenvalue weighted by Crippen LogP contribution is 2.26. The standard InChI is InChI=1S/C20H22FN3O.2ClH/c21-16-10-14(19-7-6-13-3-1-5-18(13)24-19)9-15(11-16)20(25)23-17-4-2-8-22-12-17;;/h6-7,9-11,17,22H,1-5,8,12H2,(H,23,25);2*1H. The van der Waals surface area contributed by atoms with E-state index in [1.807, 2.05) is 6.07 Å². The number of amides is 1. The molecule has 2 N–H and O–H groups in total. The Labute approximate surface area is 171 Å². The Hall–Kier alpha value is -1.69. The number of carbonyl (C=O) groups excluding carboxylic acids is 1. The van der Waals surface area contributed by atoms with Crippen LogP contribution >= 0.6 is 24.8 Å². The van der Waals surface area contributed by atoms with Gasteiger partial charge in [0.2, 0.25) is 0 Å². The van der Waals surface area contributed by atoms with Gasteiger partial charge in [0, 0.05) is 29.4 Å². The minimum atomic E-state index is -0.410. The first-order valence-corrected chi connectivity index (χ1v) is 9.00. The van der Waals surface area contributed by atoms with E-state index in [1.54, 1.807) is 6.07 Å². The molecule has 1 unspecified atom stereocenters. The highest BCUT2D eigenvalue weighted by atomic mass is 35.5. The lowest BCUT2D eigenvalue weighted by Crippen LogP contribution is -2.45. The molecule has 0 radical (unpaired) electrons. The van der Waals surface area contributed by atoms with Crippen molar-refractivity contribution in [2.75, 3.05) is 13.1 Å². The van der Waals surface area contributed by atoms with Crippen molar-refractivity contribution in [2.45, 2.75) is 38.1 Å². The topological polar surface area (TPSA) is 54.0 Å². The lowest BCUT2D eigenvalue weighted by molar-refractivity contribution is 0.0930. The molecule has 4 rings (SSSR count). The molecule has 1 aliphatic heterocycles. The molecule has 1 aromatic carbocycles. The largest absolute Gasteiger partial charge is 0.348 e. The highest BCUT2D eigenvalue weighted by Gasteiger charge is 2.18. The van der Waals surface area contributed by atoms with Gasteiger partial charge in [-0.05, 0) is 68.5 Å². The Morgan fingerprint density at radius 1 is 1.15 bits per heavy atom. The van der Waals surface area contributed by atoms with Crippen molar-refractivity contribution < 1.29 is 9.18 Å². The van der Waals surface area contributed by atoms with Gasteiger partial charge in [0.15, 0.2) is 0 Å². The molecular weight excluding hydrogens is 388 g/mol. The second-order valence-electron chi connectivity index (χ2n) is 6.90. The van der Waals surface area contributed by atoms with Gasteiger partial charge in [0.25, 0.3) is 5.91 Å². The number of nitrogens with one attached hydrogen (secondary N) is 2. The maximum atomic E-state index is 14.1. The lowest BCUT2D eigenvalue weighted by Gasteiger charge is -2.23. The van der Waals surface area contributed by atoms with Crippen LogP contribution in [0.5, 0.6) is 0 Å². The first kappa shape index (κ1) is 21.6. The van der Waals surface area contributed by atoms with E-state index in [0.717, 1.165) is 56.6 Å². The van der Waals surface area contributed by atoms with Crippen molar-refractivity contribution in [3.05, 3.63) is 53.0 Å². The Morgan fingerprint density at radius 2 is 2.00 bits per heavy atom. The quantitative estimate of drug-likeness (QED) is 0.809. The summed E-state index contributed by atoms with van der Waals surface area (Å²) in [6.45, 7) is 1.75. The number of nitrogens with zero attached hydrogens (tertiary/aromatic N) is 1. The second kappa shape index (κ2) is 9.49. The van der Waals surface area contributed by atoms with E-state index >= 15 is 0 Å². The maximum absolute atomic E-state index is 14.1. The number of rotatable bonds is 3. The summed E-state index contributed by atoms with van der Waals surface area (Å²) in [5, 5.41) is 6.26. The van der Waals surface area contributed by atoms with Crippen LogP contribution < -0.4 is 10.6 Å². The maximum Gasteiger partial charge on any atom is 0.251 e. The van der Waals surface area contributed by atoms with Crippen molar-refractivity contribution in [2.24, 2.45) is 0 Å². The number of carbonyl (C=O) groups is 1. The van der Waals surface area contributed by atoms with Gasteiger partial charge in [0.05, 0.1) is 5.69 Å². The predicted molar refractivity (Wildman–Crippen MR) is 110 cm³/mol. The number of aromatic nitrogens is 1. The fourth-order valence-electron chi connectivity index (χ4n) is 3.69. The van der Waals surface area contributed by atoms with E-state index in [4.69, 9.17) is 0 Å². The fourth-order valence-corrected chi connectivity index (χ4v) is 3.69. The summed E-state index contributed by atoms with van der Waals surface area (Å²) in [6.07, 6.45) is 5.15. The summed E-state index contributed by atoms with van der Waals surface area (Å²) in [5.74, 6) is -0.637. The minimum absolute atomic E-state index is 0. The number of hydrogen-bond acceptors (Lipinski definition) is 3. The van der Waals surface area contributed by atoms with Crippen LogP contribution in [0.3, 0.4) is 0 Å². The van der Waals surface area contributed by atoms with Crippen molar-refractivity contribution >= 4 is 30.7 Å². The normalized spacial score (nSPS) is 18.0. The number of halogens is 3. The molecule has 1 aliphatic carbocycles. The van der Waals surface area contributed by atoms with Gasteiger partial charge < -0.3 is 10.6 Å². The van der Waals surface area contributed by atoms with Crippen molar-refractivity contribution in [1.82, 2.24) is 15.6 Å². The number of hydrogen-bond donors (Lipinski definition) is 2.